The van der Waals surface area contributed by atoms with Gasteiger partial charge in [0, 0.05) is 11.1 Å². The Morgan fingerprint density at radius 3 is 1.67 bits per heavy atom. The fourth-order valence-corrected chi connectivity index (χ4v) is 2.81. The molecule has 0 aromatic heterocycles. The molecule has 2 aromatic rings. The van der Waals surface area contributed by atoms with Gasteiger partial charge in [0.2, 0.25) is 0 Å². The zero-order valence-electron chi connectivity index (χ0n) is 9.52. The van der Waals surface area contributed by atoms with Crippen LogP contribution in [-0.2, 0) is 11.2 Å². The minimum Gasteiger partial charge on any atom is -0.606 e. The molecule has 1 N–H and O–H groups in total. The van der Waals surface area contributed by atoms with Crippen LogP contribution in [0.5, 0.6) is 0 Å². The summed E-state index contributed by atoms with van der Waals surface area (Å²) in [5.74, 6) is 0. The Kier molecular flexibility index (Phi) is 4.02. The molecule has 2 aromatic carbocycles. The topological polar surface area (TPSA) is 60.4 Å². The van der Waals surface area contributed by atoms with E-state index in [1.165, 1.54) is 0 Å². The van der Waals surface area contributed by atoms with Crippen LogP contribution in [-0.4, -0.2) is 15.0 Å². The largest absolute Gasteiger partial charge is 0.606 e. The number of benzene rings is 2. The van der Waals surface area contributed by atoms with Gasteiger partial charge in [0.15, 0.2) is 5.25 Å². The van der Waals surface area contributed by atoms with Crippen molar-refractivity contribution < 1.29 is 14.5 Å². The summed E-state index contributed by atoms with van der Waals surface area (Å²) >= 11 is -1.99. The molecule has 18 heavy (non-hydrogen) atoms. The molecule has 0 radical (unpaired) electrons. The van der Waals surface area contributed by atoms with Gasteiger partial charge in [0.1, 0.15) is 0 Å². The molecule has 1 atom stereocenters. The van der Waals surface area contributed by atoms with Gasteiger partial charge < -0.3 is 9.66 Å². The monoisotopic (exact) mass is 260 g/mol. The molecule has 92 valence electrons. The van der Waals surface area contributed by atoms with Crippen LogP contribution in [0, 0.1) is 0 Å². The predicted molar refractivity (Wildman–Crippen MR) is 70.9 cm³/mol. The first-order valence-electron chi connectivity index (χ1n) is 5.43. The van der Waals surface area contributed by atoms with Crippen molar-refractivity contribution in [2.24, 2.45) is 0 Å². The highest BCUT2D eigenvalue weighted by molar-refractivity contribution is 8.05. The van der Waals surface area contributed by atoms with Crippen molar-refractivity contribution in [3.05, 3.63) is 71.8 Å². The van der Waals surface area contributed by atoms with E-state index in [4.69, 9.17) is 5.11 Å². The first-order valence-corrected chi connectivity index (χ1v) is 6.65. The number of hydrogen-bond donors (Lipinski definition) is 1. The molecule has 0 aliphatic rings. The van der Waals surface area contributed by atoms with Crippen molar-refractivity contribution in [1.82, 2.24) is 0 Å². The van der Waals surface area contributed by atoms with E-state index in [0.29, 0.717) is 0 Å². The third-order valence-corrected chi connectivity index (χ3v) is 3.91. The van der Waals surface area contributed by atoms with Gasteiger partial charge in [-0.3, -0.25) is 0 Å². The van der Waals surface area contributed by atoms with Crippen LogP contribution in [0.25, 0.3) is 0 Å². The maximum absolute atomic E-state index is 12.0. The van der Waals surface area contributed by atoms with Crippen molar-refractivity contribution in [2.75, 3.05) is 0 Å². The van der Waals surface area contributed by atoms with Gasteiger partial charge in [0.25, 0.3) is 0 Å². The Morgan fingerprint density at radius 1 is 0.944 bits per heavy atom. The van der Waals surface area contributed by atoms with Crippen LogP contribution in [0.4, 0.5) is 4.79 Å². The van der Waals surface area contributed by atoms with Crippen molar-refractivity contribution in [3.8, 4) is 0 Å². The maximum atomic E-state index is 12.0. The highest BCUT2D eigenvalue weighted by Gasteiger charge is 2.32. The average Bonchev–Trinajstić information content (AvgIpc) is 2.41. The molecule has 0 aliphatic carbocycles. The normalized spacial score (nSPS) is 12.3. The second-order valence-corrected chi connectivity index (χ2v) is 5.18. The van der Waals surface area contributed by atoms with Gasteiger partial charge in [0.05, 0.1) is 11.2 Å². The lowest BCUT2D eigenvalue weighted by molar-refractivity contribution is 0.219. The van der Waals surface area contributed by atoms with Crippen LogP contribution in [0.15, 0.2) is 60.7 Å². The summed E-state index contributed by atoms with van der Waals surface area (Å²) in [5.41, 5.74) is 1.48. The van der Waals surface area contributed by atoms with E-state index in [1.807, 2.05) is 36.4 Å². The first kappa shape index (κ1) is 12.7. The first-order chi connectivity index (χ1) is 8.70. The lowest BCUT2D eigenvalue weighted by Crippen LogP contribution is -2.21. The van der Waals surface area contributed by atoms with Crippen molar-refractivity contribution in [2.45, 2.75) is 5.25 Å². The average molecular weight is 260 g/mol. The molecule has 0 saturated heterocycles. The molecule has 0 heterocycles. The number of carboxylic acid groups (broad SMARTS) is 1. The number of rotatable bonds is 3. The van der Waals surface area contributed by atoms with Crippen molar-refractivity contribution in [3.63, 3.8) is 0 Å². The fourth-order valence-electron chi connectivity index (χ4n) is 1.80. The van der Waals surface area contributed by atoms with E-state index in [-0.39, 0.29) is 0 Å². The minimum atomic E-state index is -1.99. The third-order valence-electron chi connectivity index (χ3n) is 2.59. The molecular formula is C14H12O3S. The molecule has 0 spiro atoms. The van der Waals surface area contributed by atoms with Gasteiger partial charge in [-0.15, -0.1) is 0 Å². The SMILES string of the molecule is O=C(O)[S@@+]([O-])C(c1ccccc1)c1ccccc1. The number of hydrogen-bond acceptors (Lipinski definition) is 2. The van der Waals surface area contributed by atoms with E-state index in [1.54, 1.807) is 24.3 Å². The summed E-state index contributed by atoms with van der Waals surface area (Å²) in [4.78, 5) is 11.0. The Bertz CT molecular complexity index is 474. The second-order valence-electron chi connectivity index (χ2n) is 3.76. The zero-order valence-corrected chi connectivity index (χ0v) is 10.3. The van der Waals surface area contributed by atoms with E-state index < -0.39 is 21.7 Å². The van der Waals surface area contributed by atoms with Crippen molar-refractivity contribution in [1.29, 1.82) is 0 Å². The molecule has 3 nitrogen and oxygen atoms in total. The quantitative estimate of drug-likeness (QED) is 0.862. The van der Waals surface area contributed by atoms with Crippen LogP contribution >= 0.6 is 0 Å². The van der Waals surface area contributed by atoms with Crippen LogP contribution < -0.4 is 0 Å². The van der Waals surface area contributed by atoms with E-state index >= 15 is 0 Å². The minimum absolute atomic E-state index is 0.634. The van der Waals surface area contributed by atoms with Crippen molar-refractivity contribution >= 4 is 16.5 Å². The molecular weight excluding hydrogens is 248 g/mol. The summed E-state index contributed by atoms with van der Waals surface area (Å²) in [7, 11) is 0. The van der Waals surface area contributed by atoms with Gasteiger partial charge in [-0.1, -0.05) is 60.7 Å². The lowest BCUT2D eigenvalue weighted by Gasteiger charge is -2.18. The van der Waals surface area contributed by atoms with Gasteiger partial charge >= 0.3 is 5.30 Å². The second kappa shape index (κ2) is 5.71. The summed E-state index contributed by atoms with van der Waals surface area (Å²) in [6.07, 6.45) is 0. The summed E-state index contributed by atoms with van der Waals surface area (Å²) in [6, 6.07) is 18.1. The Morgan fingerprint density at radius 2 is 1.33 bits per heavy atom. The van der Waals surface area contributed by atoms with Gasteiger partial charge in [-0.2, -0.15) is 4.79 Å². The van der Waals surface area contributed by atoms with E-state index in [0.717, 1.165) is 11.1 Å². The van der Waals surface area contributed by atoms with Gasteiger partial charge in [-0.25, -0.2) is 0 Å². The zero-order chi connectivity index (χ0) is 13.0. The highest BCUT2D eigenvalue weighted by atomic mass is 32.2. The maximum Gasteiger partial charge on any atom is 0.521 e. The van der Waals surface area contributed by atoms with Crippen LogP contribution in [0.2, 0.25) is 0 Å². The smallest absolute Gasteiger partial charge is 0.521 e. The highest BCUT2D eigenvalue weighted by Crippen LogP contribution is 2.30. The van der Waals surface area contributed by atoms with E-state index in [2.05, 4.69) is 0 Å². The summed E-state index contributed by atoms with van der Waals surface area (Å²) in [5, 5.41) is 7.04. The van der Waals surface area contributed by atoms with Crippen LogP contribution in [0.3, 0.4) is 0 Å². The van der Waals surface area contributed by atoms with E-state index in [9.17, 15) is 9.35 Å². The molecule has 0 saturated carbocycles. The Balaban J connectivity index is 2.45. The third kappa shape index (κ3) is 2.72. The lowest BCUT2D eigenvalue weighted by atomic mass is 10.0. The number of carbonyl (C=O) groups is 1. The predicted octanol–water partition coefficient (Wildman–Crippen LogP) is 3.20. The summed E-state index contributed by atoms with van der Waals surface area (Å²) in [6.45, 7) is 0. The molecule has 0 aliphatic heterocycles. The van der Waals surface area contributed by atoms with Crippen LogP contribution in [0.1, 0.15) is 16.4 Å². The Hall–Kier alpha value is -1.78. The molecule has 4 heteroatoms. The molecule has 0 amide bonds. The van der Waals surface area contributed by atoms with Gasteiger partial charge in [-0.05, 0) is 0 Å². The molecule has 0 fully saturated rings. The Labute approximate surface area is 108 Å². The fraction of sp³-hybridized carbons (Fsp3) is 0.0714. The standard InChI is InChI=1S/C14H12O3S/c15-14(16)18(17)13(11-7-3-1-4-8-11)12-9-5-2-6-10-12/h1-10,13H,(H,15,16)/t18-/m0/s1. The molecule has 0 unspecified atom stereocenters. The summed E-state index contributed by atoms with van der Waals surface area (Å²) < 4.78 is 12.0. The molecule has 0 bridgehead atoms. The molecule has 2 rings (SSSR count).